The van der Waals surface area contributed by atoms with Gasteiger partial charge in [-0.3, -0.25) is 4.90 Å². The van der Waals surface area contributed by atoms with Crippen LogP contribution in [0.1, 0.15) is 54.9 Å². The Balaban J connectivity index is 4.68. The fraction of sp³-hybridized carbons (Fsp3) is 0.933. The highest BCUT2D eigenvalue weighted by atomic mass is 16.6. The van der Waals surface area contributed by atoms with Crippen molar-refractivity contribution in [2.45, 2.75) is 78.6 Å². The summed E-state index contributed by atoms with van der Waals surface area (Å²) in [7, 11) is 0. The molecular formula is C15H33N3O2. The number of carbonyl (C=O) groups excluding carboxylic acids is 1. The van der Waals surface area contributed by atoms with E-state index in [-0.39, 0.29) is 18.2 Å². The second kappa shape index (κ2) is 8.47. The molecule has 5 nitrogen and oxygen atoms in total. The van der Waals surface area contributed by atoms with E-state index in [0.29, 0.717) is 12.6 Å². The predicted octanol–water partition coefficient (Wildman–Crippen LogP) is 2.35. The van der Waals surface area contributed by atoms with Gasteiger partial charge in [-0.15, -0.1) is 0 Å². The number of likely N-dealkylation sites (N-methyl/N-ethyl adjacent to an activating group) is 1. The lowest BCUT2D eigenvalue weighted by Gasteiger charge is -2.38. The second-order valence-corrected chi connectivity index (χ2v) is 6.33. The first-order valence-electron chi connectivity index (χ1n) is 7.61. The molecule has 0 spiro atoms. The zero-order chi connectivity index (χ0) is 15.9. The van der Waals surface area contributed by atoms with Gasteiger partial charge in [-0.25, -0.2) is 4.79 Å². The van der Waals surface area contributed by atoms with Crippen LogP contribution >= 0.6 is 0 Å². The van der Waals surface area contributed by atoms with Crippen molar-refractivity contribution in [2.24, 2.45) is 5.73 Å². The minimum Gasteiger partial charge on any atom is -0.444 e. The first-order chi connectivity index (χ1) is 9.16. The first-order valence-corrected chi connectivity index (χ1v) is 7.61. The summed E-state index contributed by atoms with van der Waals surface area (Å²) in [6.45, 7) is 15.4. The Hall–Kier alpha value is -0.810. The number of nitrogens with one attached hydrogen (secondary N) is 1. The maximum Gasteiger partial charge on any atom is 0.407 e. The van der Waals surface area contributed by atoms with Gasteiger partial charge in [0.05, 0.1) is 0 Å². The Labute approximate surface area is 124 Å². The Bertz CT molecular complexity index is 289. The molecule has 0 rings (SSSR count). The van der Waals surface area contributed by atoms with Crippen molar-refractivity contribution in [3.05, 3.63) is 0 Å². The normalized spacial score (nSPS) is 16.6. The van der Waals surface area contributed by atoms with Crippen LogP contribution in [0, 0.1) is 0 Å². The molecule has 0 bridgehead atoms. The van der Waals surface area contributed by atoms with Gasteiger partial charge >= 0.3 is 6.09 Å². The van der Waals surface area contributed by atoms with Gasteiger partial charge in [-0.2, -0.15) is 0 Å². The molecule has 0 aliphatic carbocycles. The van der Waals surface area contributed by atoms with E-state index in [9.17, 15) is 4.79 Å². The number of nitrogens with zero attached hydrogens (tertiary/aromatic N) is 1. The summed E-state index contributed by atoms with van der Waals surface area (Å²) < 4.78 is 5.29. The lowest BCUT2D eigenvalue weighted by molar-refractivity contribution is 0.0452. The van der Waals surface area contributed by atoms with Gasteiger partial charge in [0.15, 0.2) is 0 Å². The van der Waals surface area contributed by atoms with E-state index in [1.165, 1.54) is 0 Å². The quantitative estimate of drug-likeness (QED) is 0.754. The molecule has 1 amide bonds. The largest absolute Gasteiger partial charge is 0.444 e. The van der Waals surface area contributed by atoms with Crippen molar-refractivity contribution in [3.63, 3.8) is 0 Å². The highest BCUT2D eigenvalue weighted by Crippen LogP contribution is 2.12. The molecule has 0 saturated heterocycles. The van der Waals surface area contributed by atoms with E-state index in [1.54, 1.807) is 0 Å². The van der Waals surface area contributed by atoms with Crippen molar-refractivity contribution in [2.75, 3.05) is 13.1 Å². The number of amides is 1. The van der Waals surface area contributed by atoms with Gasteiger partial charge < -0.3 is 15.8 Å². The molecule has 0 fully saturated rings. The van der Waals surface area contributed by atoms with Crippen molar-refractivity contribution in [1.82, 2.24) is 10.2 Å². The SMILES string of the molecule is CCC(C)N(CC)C(CN)C(C)NC(=O)OC(C)(C)C. The molecule has 0 aliphatic rings. The third-order valence-corrected chi connectivity index (χ3v) is 3.51. The molecule has 0 saturated carbocycles. The molecule has 0 aromatic heterocycles. The predicted molar refractivity (Wildman–Crippen MR) is 83.8 cm³/mol. The number of hydrogen-bond donors (Lipinski definition) is 2. The molecule has 120 valence electrons. The molecule has 0 heterocycles. The van der Waals surface area contributed by atoms with E-state index in [1.807, 2.05) is 27.7 Å². The fourth-order valence-corrected chi connectivity index (χ4v) is 2.32. The van der Waals surface area contributed by atoms with Gasteiger partial charge in [0.2, 0.25) is 0 Å². The van der Waals surface area contributed by atoms with Gasteiger partial charge in [-0.1, -0.05) is 13.8 Å². The summed E-state index contributed by atoms with van der Waals surface area (Å²) >= 11 is 0. The number of alkyl carbamates (subject to hydrolysis) is 1. The maximum atomic E-state index is 11.8. The summed E-state index contributed by atoms with van der Waals surface area (Å²) in [5, 5.41) is 2.90. The van der Waals surface area contributed by atoms with Gasteiger partial charge in [0.25, 0.3) is 0 Å². The third kappa shape index (κ3) is 6.57. The summed E-state index contributed by atoms with van der Waals surface area (Å²) in [6, 6.07) is 0.503. The zero-order valence-electron chi connectivity index (χ0n) is 14.2. The van der Waals surface area contributed by atoms with Gasteiger partial charge in [0, 0.05) is 24.7 Å². The number of ether oxygens (including phenoxy) is 1. The molecule has 20 heavy (non-hydrogen) atoms. The monoisotopic (exact) mass is 287 g/mol. The Morgan fingerprint density at radius 3 is 2.20 bits per heavy atom. The second-order valence-electron chi connectivity index (χ2n) is 6.33. The minimum atomic E-state index is -0.483. The lowest BCUT2D eigenvalue weighted by Crippen LogP contribution is -2.56. The fourth-order valence-electron chi connectivity index (χ4n) is 2.32. The molecule has 0 aromatic rings. The summed E-state index contributed by atoms with van der Waals surface area (Å²) in [6.07, 6.45) is 0.674. The molecular weight excluding hydrogens is 254 g/mol. The minimum absolute atomic E-state index is 0.0520. The van der Waals surface area contributed by atoms with Crippen LogP contribution in [0.3, 0.4) is 0 Å². The van der Waals surface area contributed by atoms with Crippen LogP contribution in [0.4, 0.5) is 4.79 Å². The average Bonchev–Trinajstić information content (AvgIpc) is 2.31. The van der Waals surface area contributed by atoms with E-state index < -0.39 is 5.60 Å². The van der Waals surface area contributed by atoms with Crippen LogP contribution in [0.15, 0.2) is 0 Å². The Kier molecular flexibility index (Phi) is 8.13. The Morgan fingerprint density at radius 1 is 1.30 bits per heavy atom. The number of rotatable bonds is 7. The van der Waals surface area contributed by atoms with Crippen LogP contribution in [0.2, 0.25) is 0 Å². The topological polar surface area (TPSA) is 67.6 Å². The van der Waals surface area contributed by atoms with Crippen LogP contribution in [0.5, 0.6) is 0 Å². The van der Waals surface area contributed by atoms with Gasteiger partial charge in [0.1, 0.15) is 5.60 Å². The Morgan fingerprint density at radius 2 is 1.85 bits per heavy atom. The highest BCUT2D eigenvalue weighted by molar-refractivity contribution is 5.68. The molecule has 5 heteroatoms. The van der Waals surface area contributed by atoms with E-state index >= 15 is 0 Å². The number of hydrogen-bond acceptors (Lipinski definition) is 4. The van der Waals surface area contributed by atoms with Crippen LogP contribution in [-0.2, 0) is 4.74 Å². The van der Waals surface area contributed by atoms with Crippen molar-refractivity contribution in [1.29, 1.82) is 0 Å². The summed E-state index contributed by atoms with van der Waals surface area (Å²) in [4.78, 5) is 14.2. The van der Waals surface area contributed by atoms with E-state index in [2.05, 4.69) is 31.0 Å². The molecule has 0 aromatic carbocycles. The first kappa shape index (κ1) is 19.2. The highest BCUT2D eigenvalue weighted by Gasteiger charge is 2.27. The zero-order valence-corrected chi connectivity index (χ0v) is 14.2. The molecule has 3 unspecified atom stereocenters. The molecule has 3 N–H and O–H groups in total. The lowest BCUT2D eigenvalue weighted by atomic mass is 10.0. The average molecular weight is 287 g/mol. The molecule has 0 radical (unpaired) electrons. The molecule has 0 aliphatic heterocycles. The summed E-state index contributed by atoms with van der Waals surface area (Å²) in [5.41, 5.74) is 5.43. The van der Waals surface area contributed by atoms with Crippen molar-refractivity contribution in [3.8, 4) is 0 Å². The number of carbonyl (C=O) groups is 1. The summed E-state index contributed by atoms with van der Waals surface area (Å²) in [5.74, 6) is 0. The van der Waals surface area contributed by atoms with Crippen LogP contribution in [0.25, 0.3) is 0 Å². The smallest absolute Gasteiger partial charge is 0.407 e. The number of nitrogens with two attached hydrogens (primary N) is 1. The van der Waals surface area contributed by atoms with Crippen molar-refractivity contribution >= 4 is 6.09 Å². The van der Waals surface area contributed by atoms with Crippen molar-refractivity contribution < 1.29 is 9.53 Å². The maximum absolute atomic E-state index is 11.8. The van der Waals surface area contributed by atoms with E-state index in [4.69, 9.17) is 10.5 Å². The molecule has 3 atom stereocenters. The van der Waals surface area contributed by atoms with Crippen LogP contribution in [-0.4, -0.2) is 47.8 Å². The van der Waals surface area contributed by atoms with E-state index in [0.717, 1.165) is 13.0 Å². The van der Waals surface area contributed by atoms with Gasteiger partial charge in [-0.05, 0) is 47.6 Å². The third-order valence-electron chi connectivity index (χ3n) is 3.51. The van der Waals surface area contributed by atoms with Crippen LogP contribution < -0.4 is 11.1 Å². The standard InChI is InChI=1S/C15H33N3O2/c1-8-11(3)18(9-2)13(10-16)12(4)17-14(19)20-15(5,6)7/h11-13H,8-10,16H2,1-7H3,(H,17,19).